The largest absolute Gasteiger partial charge is 0.310 e. The van der Waals surface area contributed by atoms with E-state index in [9.17, 15) is 0 Å². The maximum Gasteiger partial charge on any atom is 0.142 e. The van der Waals surface area contributed by atoms with Gasteiger partial charge in [-0.3, -0.25) is 0 Å². The van der Waals surface area contributed by atoms with E-state index < -0.39 is 0 Å². The molecule has 3 rings (SSSR count). The number of benzene rings is 1. The van der Waals surface area contributed by atoms with Gasteiger partial charge in [-0.25, -0.2) is 9.97 Å². The third kappa shape index (κ3) is 2.50. The van der Waals surface area contributed by atoms with Crippen molar-refractivity contribution in [1.82, 2.24) is 15.3 Å². The van der Waals surface area contributed by atoms with Gasteiger partial charge in [-0.05, 0) is 18.7 Å². The summed E-state index contributed by atoms with van der Waals surface area (Å²) >= 11 is 1.76. The van der Waals surface area contributed by atoms with Crippen LogP contribution in [0.4, 0.5) is 0 Å². The van der Waals surface area contributed by atoms with Crippen LogP contribution in [-0.4, -0.2) is 16.5 Å². The number of nitrogens with one attached hydrogen (secondary N) is 1. The van der Waals surface area contributed by atoms with Crippen LogP contribution in [0.15, 0.2) is 41.9 Å². The van der Waals surface area contributed by atoms with Gasteiger partial charge in [0, 0.05) is 27.2 Å². The first-order valence-corrected chi connectivity index (χ1v) is 7.25. The molecule has 1 N–H and O–H groups in total. The van der Waals surface area contributed by atoms with Crippen LogP contribution >= 0.6 is 11.3 Å². The Bertz CT molecular complexity index is 690. The van der Waals surface area contributed by atoms with Crippen LogP contribution in [0.5, 0.6) is 0 Å². The molecule has 3 nitrogen and oxygen atoms in total. The summed E-state index contributed by atoms with van der Waals surface area (Å²) in [5.41, 5.74) is 2.20. The molecule has 0 saturated carbocycles. The van der Waals surface area contributed by atoms with E-state index in [1.807, 2.05) is 12.3 Å². The summed E-state index contributed by atoms with van der Waals surface area (Å²) < 4.78 is 1.30. The van der Waals surface area contributed by atoms with Crippen molar-refractivity contribution in [2.75, 3.05) is 6.54 Å². The van der Waals surface area contributed by atoms with Crippen molar-refractivity contribution in [2.24, 2.45) is 0 Å². The number of rotatable bonds is 4. The zero-order valence-electron chi connectivity index (χ0n) is 10.8. The zero-order chi connectivity index (χ0) is 13.1. The molecule has 0 aliphatic heterocycles. The normalized spacial score (nSPS) is 11.0. The van der Waals surface area contributed by atoms with E-state index in [0.29, 0.717) is 6.54 Å². The Balaban J connectivity index is 2.01. The monoisotopic (exact) mass is 269 g/mol. The zero-order valence-corrected chi connectivity index (χ0v) is 11.6. The highest BCUT2D eigenvalue weighted by molar-refractivity contribution is 7.17. The third-order valence-electron chi connectivity index (χ3n) is 3.00. The fourth-order valence-electron chi connectivity index (χ4n) is 2.05. The van der Waals surface area contributed by atoms with Crippen molar-refractivity contribution in [3.63, 3.8) is 0 Å². The first-order valence-electron chi connectivity index (χ1n) is 6.37. The first kappa shape index (κ1) is 12.3. The molecule has 0 amide bonds. The maximum atomic E-state index is 4.64. The molecule has 2 aromatic heterocycles. The summed E-state index contributed by atoms with van der Waals surface area (Å²) in [6, 6.07) is 10.4. The lowest BCUT2D eigenvalue weighted by molar-refractivity contribution is 0.691. The second-order valence-electron chi connectivity index (χ2n) is 4.28. The Kier molecular flexibility index (Phi) is 3.53. The van der Waals surface area contributed by atoms with Gasteiger partial charge in [-0.1, -0.05) is 25.1 Å². The number of fused-ring (bicyclic) bond motifs is 1. The second kappa shape index (κ2) is 5.47. The summed E-state index contributed by atoms with van der Waals surface area (Å²) in [7, 11) is 0. The summed E-state index contributed by atoms with van der Waals surface area (Å²) in [4.78, 5) is 8.93. The average molecular weight is 269 g/mol. The van der Waals surface area contributed by atoms with Gasteiger partial charge >= 0.3 is 0 Å². The molecule has 0 radical (unpaired) electrons. The number of nitrogens with zero attached hydrogens (tertiary/aromatic N) is 2. The minimum atomic E-state index is 0.715. The van der Waals surface area contributed by atoms with Gasteiger partial charge in [0.15, 0.2) is 0 Å². The van der Waals surface area contributed by atoms with Crippen LogP contribution in [0.2, 0.25) is 0 Å². The molecule has 0 aliphatic rings. The van der Waals surface area contributed by atoms with Crippen LogP contribution in [0.1, 0.15) is 12.7 Å². The quantitative estimate of drug-likeness (QED) is 0.788. The van der Waals surface area contributed by atoms with Crippen molar-refractivity contribution in [2.45, 2.75) is 13.5 Å². The van der Waals surface area contributed by atoms with Crippen LogP contribution < -0.4 is 5.32 Å². The predicted octanol–water partition coefficient (Wildman–Crippen LogP) is 3.47. The number of aromatic nitrogens is 2. The van der Waals surface area contributed by atoms with Crippen molar-refractivity contribution < 1.29 is 0 Å². The van der Waals surface area contributed by atoms with Gasteiger partial charge in [0.25, 0.3) is 0 Å². The summed E-state index contributed by atoms with van der Waals surface area (Å²) in [6.07, 6.45) is 1.83. The highest BCUT2D eigenvalue weighted by Crippen LogP contribution is 2.32. The first-order chi connectivity index (χ1) is 9.38. The molecule has 19 heavy (non-hydrogen) atoms. The fraction of sp³-hybridized carbons (Fsp3) is 0.200. The van der Waals surface area contributed by atoms with Gasteiger partial charge in [0.2, 0.25) is 0 Å². The van der Waals surface area contributed by atoms with Gasteiger partial charge < -0.3 is 5.32 Å². The number of thiophene rings is 1. The summed E-state index contributed by atoms with van der Waals surface area (Å²) in [6.45, 7) is 3.72. The molecular formula is C15H15N3S. The van der Waals surface area contributed by atoms with Crippen LogP contribution in [0.25, 0.3) is 21.3 Å². The molecule has 0 fully saturated rings. The number of hydrogen-bond acceptors (Lipinski definition) is 4. The molecule has 2 heterocycles. The molecular weight excluding hydrogens is 254 g/mol. The SMILES string of the molecule is CCNCc1nccc(-c2csc3ccccc23)n1. The maximum absolute atomic E-state index is 4.64. The second-order valence-corrected chi connectivity index (χ2v) is 5.20. The molecule has 0 saturated heterocycles. The van der Waals surface area contributed by atoms with Gasteiger partial charge in [-0.15, -0.1) is 11.3 Å². The molecule has 1 aromatic carbocycles. The van der Waals surface area contributed by atoms with E-state index in [4.69, 9.17) is 0 Å². The molecule has 0 bridgehead atoms. The molecule has 96 valence electrons. The molecule has 0 atom stereocenters. The highest BCUT2D eigenvalue weighted by Gasteiger charge is 2.08. The lowest BCUT2D eigenvalue weighted by atomic mass is 10.1. The van der Waals surface area contributed by atoms with E-state index in [0.717, 1.165) is 18.1 Å². The Hall–Kier alpha value is -1.78. The predicted molar refractivity (Wildman–Crippen MR) is 80.2 cm³/mol. The van der Waals surface area contributed by atoms with Crippen molar-refractivity contribution in [3.8, 4) is 11.3 Å². The number of hydrogen-bond donors (Lipinski definition) is 1. The minimum absolute atomic E-state index is 0.715. The smallest absolute Gasteiger partial charge is 0.142 e. The molecule has 3 aromatic rings. The van der Waals surface area contributed by atoms with Crippen molar-refractivity contribution in [1.29, 1.82) is 0 Å². The topological polar surface area (TPSA) is 37.8 Å². The van der Waals surface area contributed by atoms with E-state index >= 15 is 0 Å². The Morgan fingerprint density at radius 3 is 3.00 bits per heavy atom. The van der Waals surface area contributed by atoms with Crippen LogP contribution in [0, 0.1) is 0 Å². The standard InChI is InChI=1S/C15H15N3S/c1-2-16-9-15-17-8-7-13(18-15)12-10-19-14-6-4-3-5-11(12)14/h3-8,10,16H,2,9H2,1H3. The van der Waals surface area contributed by atoms with Gasteiger partial charge in [0.1, 0.15) is 5.82 Å². The average Bonchev–Trinajstić information content (AvgIpc) is 2.89. The Morgan fingerprint density at radius 1 is 1.21 bits per heavy atom. The lowest BCUT2D eigenvalue weighted by Crippen LogP contribution is -2.14. The molecule has 0 aliphatic carbocycles. The van der Waals surface area contributed by atoms with E-state index in [-0.39, 0.29) is 0 Å². The highest BCUT2D eigenvalue weighted by atomic mass is 32.1. The van der Waals surface area contributed by atoms with Crippen molar-refractivity contribution in [3.05, 3.63) is 47.7 Å². The van der Waals surface area contributed by atoms with E-state index in [1.54, 1.807) is 11.3 Å². The third-order valence-corrected chi connectivity index (χ3v) is 3.96. The van der Waals surface area contributed by atoms with Crippen LogP contribution in [-0.2, 0) is 6.54 Å². The van der Waals surface area contributed by atoms with Gasteiger partial charge in [-0.2, -0.15) is 0 Å². The van der Waals surface area contributed by atoms with Crippen molar-refractivity contribution >= 4 is 21.4 Å². The molecule has 0 unspecified atom stereocenters. The van der Waals surface area contributed by atoms with E-state index in [2.05, 4.69) is 51.9 Å². The summed E-state index contributed by atoms with van der Waals surface area (Å²) in [5, 5.41) is 6.69. The fourth-order valence-corrected chi connectivity index (χ4v) is 3.00. The van der Waals surface area contributed by atoms with E-state index in [1.165, 1.54) is 15.6 Å². The minimum Gasteiger partial charge on any atom is -0.310 e. The molecule has 4 heteroatoms. The summed E-state index contributed by atoms with van der Waals surface area (Å²) in [5.74, 6) is 0.842. The Morgan fingerprint density at radius 2 is 2.11 bits per heavy atom. The molecule has 0 spiro atoms. The van der Waals surface area contributed by atoms with Crippen LogP contribution in [0.3, 0.4) is 0 Å². The Labute approximate surface area is 116 Å². The lowest BCUT2D eigenvalue weighted by Gasteiger charge is -2.03. The van der Waals surface area contributed by atoms with Gasteiger partial charge in [0.05, 0.1) is 12.2 Å².